The van der Waals surface area contributed by atoms with Crippen molar-refractivity contribution in [3.8, 4) is 11.1 Å². The predicted molar refractivity (Wildman–Crippen MR) is 150 cm³/mol. The smallest absolute Gasteiger partial charge is 0.309 e. The molecule has 0 amide bonds. The number of carbonyl (C=O) groups excluding carboxylic acids is 2. The van der Waals surface area contributed by atoms with Crippen LogP contribution < -0.4 is 0 Å². The third-order valence-electron chi connectivity index (χ3n) is 7.98. The standard InChI is InChI=1S/C33H46O4/c1-11-23(29(34)36-31(5,6)7)21(3)33(22(4)24(12-2)30(35)37-32(8,9)10)27-19-15-13-17-25(27)26-18-14-16-20-28(26)33/h13-24H,11-12H2,1-10H3. The molecule has 0 spiro atoms. The van der Waals surface area contributed by atoms with Gasteiger partial charge in [-0.05, 0) is 88.5 Å². The molecule has 0 radical (unpaired) electrons. The molecule has 202 valence electrons. The summed E-state index contributed by atoms with van der Waals surface area (Å²) in [6.07, 6.45) is 1.30. The zero-order valence-corrected chi connectivity index (χ0v) is 24.5. The molecule has 4 nitrogen and oxygen atoms in total. The molecular weight excluding hydrogens is 460 g/mol. The summed E-state index contributed by atoms with van der Waals surface area (Å²) in [6, 6.07) is 17.0. The van der Waals surface area contributed by atoms with E-state index < -0.39 is 16.6 Å². The van der Waals surface area contributed by atoms with Crippen molar-refractivity contribution in [3.63, 3.8) is 0 Å². The molecule has 0 fully saturated rings. The fourth-order valence-electron chi connectivity index (χ4n) is 6.54. The predicted octanol–water partition coefficient (Wildman–Crippen LogP) is 7.96. The van der Waals surface area contributed by atoms with Gasteiger partial charge in [0.05, 0.1) is 11.8 Å². The minimum absolute atomic E-state index is 0.122. The summed E-state index contributed by atoms with van der Waals surface area (Å²) >= 11 is 0. The highest BCUT2D eigenvalue weighted by atomic mass is 16.6. The van der Waals surface area contributed by atoms with Crippen LogP contribution in [0.1, 0.15) is 93.2 Å². The number of esters is 2. The van der Waals surface area contributed by atoms with E-state index in [1.165, 1.54) is 22.3 Å². The van der Waals surface area contributed by atoms with Crippen LogP contribution in [0.3, 0.4) is 0 Å². The van der Waals surface area contributed by atoms with E-state index in [0.717, 1.165) is 0 Å². The molecule has 0 heterocycles. The maximum atomic E-state index is 13.6. The molecule has 0 bridgehead atoms. The van der Waals surface area contributed by atoms with Crippen molar-refractivity contribution in [1.82, 2.24) is 0 Å². The summed E-state index contributed by atoms with van der Waals surface area (Å²) in [5, 5.41) is 0. The highest BCUT2D eigenvalue weighted by Gasteiger charge is 2.56. The zero-order valence-electron chi connectivity index (χ0n) is 24.5. The maximum Gasteiger partial charge on any atom is 0.309 e. The quantitative estimate of drug-likeness (QED) is 0.341. The van der Waals surface area contributed by atoms with Gasteiger partial charge < -0.3 is 9.47 Å². The normalized spacial score (nSPS) is 17.7. The molecule has 37 heavy (non-hydrogen) atoms. The Bertz CT molecular complexity index is 1030. The second-order valence-electron chi connectivity index (χ2n) is 12.6. The SMILES string of the molecule is CCC(C(=O)OC(C)(C)C)C(C)C1(C(C)C(CC)C(=O)OC(C)(C)C)c2ccccc2-c2ccccc21. The first-order valence-corrected chi connectivity index (χ1v) is 13.8. The van der Waals surface area contributed by atoms with E-state index >= 15 is 0 Å². The van der Waals surface area contributed by atoms with Crippen molar-refractivity contribution < 1.29 is 19.1 Å². The van der Waals surface area contributed by atoms with E-state index in [-0.39, 0.29) is 35.6 Å². The molecule has 0 aliphatic heterocycles. The molecule has 1 aliphatic carbocycles. The molecule has 0 N–H and O–H groups in total. The van der Waals surface area contributed by atoms with E-state index in [1.54, 1.807) is 0 Å². The van der Waals surface area contributed by atoms with Crippen LogP contribution in [0.5, 0.6) is 0 Å². The molecule has 0 aromatic heterocycles. The highest BCUT2D eigenvalue weighted by molar-refractivity contribution is 5.84. The van der Waals surface area contributed by atoms with Gasteiger partial charge >= 0.3 is 11.9 Å². The number of hydrogen-bond donors (Lipinski definition) is 0. The number of hydrogen-bond acceptors (Lipinski definition) is 4. The fourth-order valence-corrected chi connectivity index (χ4v) is 6.54. The van der Waals surface area contributed by atoms with Gasteiger partial charge in [-0.25, -0.2) is 0 Å². The van der Waals surface area contributed by atoms with Crippen molar-refractivity contribution >= 4 is 11.9 Å². The summed E-state index contributed by atoms with van der Waals surface area (Å²) in [5.41, 5.74) is 3.00. The van der Waals surface area contributed by atoms with Crippen molar-refractivity contribution in [3.05, 3.63) is 59.7 Å². The molecule has 3 rings (SSSR count). The van der Waals surface area contributed by atoms with Gasteiger partial charge in [-0.1, -0.05) is 76.2 Å². The van der Waals surface area contributed by atoms with Gasteiger partial charge in [-0.2, -0.15) is 0 Å². The van der Waals surface area contributed by atoms with Gasteiger partial charge in [0.15, 0.2) is 0 Å². The van der Waals surface area contributed by atoms with E-state index in [9.17, 15) is 9.59 Å². The monoisotopic (exact) mass is 506 g/mol. The van der Waals surface area contributed by atoms with Crippen LogP contribution in [0.15, 0.2) is 48.5 Å². The van der Waals surface area contributed by atoms with Gasteiger partial charge in [0.1, 0.15) is 11.2 Å². The molecule has 0 saturated heterocycles. The Morgan fingerprint density at radius 2 is 1.00 bits per heavy atom. The van der Waals surface area contributed by atoms with Gasteiger partial charge in [0.25, 0.3) is 0 Å². The second kappa shape index (κ2) is 10.6. The second-order valence-corrected chi connectivity index (χ2v) is 12.6. The molecule has 4 heteroatoms. The van der Waals surface area contributed by atoms with Crippen LogP contribution in [0, 0.1) is 23.7 Å². The van der Waals surface area contributed by atoms with E-state index in [0.29, 0.717) is 12.8 Å². The lowest BCUT2D eigenvalue weighted by Gasteiger charge is -2.48. The van der Waals surface area contributed by atoms with Crippen molar-refractivity contribution in [1.29, 1.82) is 0 Å². The topological polar surface area (TPSA) is 52.6 Å². The average molecular weight is 507 g/mol. The van der Waals surface area contributed by atoms with Crippen molar-refractivity contribution in [2.24, 2.45) is 23.7 Å². The van der Waals surface area contributed by atoms with Crippen molar-refractivity contribution in [2.45, 2.75) is 98.7 Å². The molecule has 4 atom stereocenters. The van der Waals surface area contributed by atoms with Crippen LogP contribution in [-0.4, -0.2) is 23.1 Å². The first-order chi connectivity index (χ1) is 17.2. The largest absolute Gasteiger partial charge is 0.460 e. The summed E-state index contributed by atoms with van der Waals surface area (Å²) in [7, 11) is 0. The third-order valence-corrected chi connectivity index (χ3v) is 7.98. The van der Waals surface area contributed by atoms with E-state index in [1.807, 2.05) is 41.5 Å². The van der Waals surface area contributed by atoms with Gasteiger partial charge in [0.2, 0.25) is 0 Å². The lowest BCUT2D eigenvalue weighted by Crippen LogP contribution is -2.49. The first-order valence-electron chi connectivity index (χ1n) is 13.8. The summed E-state index contributed by atoms with van der Waals surface area (Å²) in [5.74, 6) is -1.27. The highest BCUT2D eigenvalue weighted by Crippen LogP contribution is 2.60. The van der Waals surface area contributed by atoms with E-state index in [2.05, 4.69) is 76.2 Å². The molecule has 4 unspecified atom stereocenters. The minimum atomic E-state index is -0.572. The number of carbonyl (C=O) groups is 2. The Morgan fingerprint density at radius 3 is 1.30 bits per heavy atom. The summed E-state index contributed by atoms with van der Waals surface area (Å²) < 4.78 is 11.9. The van der Waals surface area contributed by atoms with Gasteiger partial charge in [0, 0.05) is 5.41 Å². The Hall–Kier alpha value is -2.62. The molecule has 0 saturated carbocycles. The number of rotatable bonds is 8. The van der Waals surface area contributed by atoms with Gasteiger partial charge in [-0.15, -0.1) is 0 Å². The van der Waals surface area contributed by atoms with Crippen molar-refractivity contribution in [2.75, 3.05) is 0 Å². The van der Waals surface area contributed by atoms with Crippen LogP contribution >= 0.6 is 0 Å². The molecule has 1 aliphatic rings. The first kappa shape index (κ1) is 28.9. The number of benzene rings is 2. The Balaban J connectivity index is 2.28. The Kier molecular flexibility index (Phi) is 8.32. The summed E-state index contributed by atoms with van der Waals surface area (Å²) in [6.45, 7) is 19.9. The Labute approximate surface area is 224 Å². The average Bonchev–Trinajstić information content (AvgIpc) is 3.09. The molecule has 2 aromatic carbocycles. The van der Waals surface area contributed by atoms with E-state index in [4.69, 9.17) is 9.47 Å². The zero-order chi connectivity index (χ0) is 27.8. The maximum absolute atomic E-state index is 13.6. The van der Waals surface area contributed by atoms with Crippen LogP contribution in [0.25, 0.3) is 11.1 Å². The van der Waals surface area contributed by atoms with Crippen LogP contribution in [0.4, 0.5) is 0 Å². The number of fused-ring (bicyclic) bond motifs is 3. The number of ether oxygens (including phenoxy) is 2. The van der Waals surface area contributed by atoms with Crippen LogP contribution in [-0.2, 0) is 24.5 Å². The molecular formula is C33H46O4. The fraction of sp³-hybridized carbons (Fsp3) is 0.576. The lowest BCUT2D eigenvalue weighted by molar-refractivity contribution is -0.165. The van der Waals surface area contributed by atoms with Gasteiger partial charge in [-0.3, -0.25) is 9.59 Å². The van der Waals surface area contributed by atoms with Crippen LogP contribution in [0.2, 0.25) is 0 Å². The Morgan fingerprint density at radius 1 is 0.676 bits per heavy atom. The minimum Gasteiger partial charge on any atom is -0.460 e. The lowest BCUT2D eigenvalue weighted by atomic mass is 9.55. The summed E-state index contributed by atoms with van der Waals surface area (Å²) in [4.78, 5) is 27.2. The molecule has 2 aromatic rings. The third kappa shape index (κ3) is 5.49.